The number of carbonyl (C=O) groups excluding carboxylic acids is 2. The Bertz CT molecular complexity index is 1290. The average Bonchev–Trinajstić information content (AvgIpc) is 3.49. The summed E-state index contributed by atoms with van der Waals surface area (Å²) in [6.07, 6.45) is -4.09. The summed E-state index contributed by atoms with van der Waals surface area (Å²) in [4.78, 5) is 27.3. The van der Waals surface area contributed by atoms with Crippen LogP contribution in [0.5, 0.6) is 5.75 Å². The van der Waals surface area contributed by atoms with Crippen LogP contribution in [0.4, 0.5) is 24.7 Å². The van der Waals surface area contributed by atoms with Gasteiger partial charge in [0.05, 0.1) is 30.6 Å². The second kappa shape index (κ2) is 10.1. The first kappa shape index (κ1) is 24.7. The Kier molecular flexibility index (Phi) is 6.76. The van der Waals surface area contributed by atoms with Gasteiger partial charge in [0.25, 0.3) is 5.91 Å². The maximum Gasteiger partial charge on any atom is 0.573 e. The zero-order valence-corrected chi connectivity index (χ0v) is 19.4. The Labute approximate surface area is 209 Å². The van der Waals surface area contributed by atoms with Crippen LogP contribution in [0.15, 0.2) is 60.7 Å². The van der Waals surface area contributed by atoms with Crippen LogP contribution in [-0.2, 0) is 9.53 Å². The van der Waals surface area contributed by atoms with E-state index in [9.17, 15) is 22.8 Å². The van der Waals surface area contributed by atoms with Crippen LogP contribution in [0.1, 0.15) is 16.8 Å². The third-order valence-corrected chi connectivity index (χ3v) is 6.08. The summed E-state index contributed by atoms with van der Waals surface area (Å²) in [5, 5.41) is 13.1. The molecule has 37 heavy (non-hydrogen) atoms. The van der Waals surface area contributed by atoms with Gasteiger partial charge in [0.2, 0.25) is 5.91 Å². The number of benzene rings is 2. The monoisotopic (exact) mass is 513 g/mol. The van der Waals surface area contributed by atoms with E-state index in [2.05, 4.69) is 25.6 Å². The highest BCUT2D eigenvalue weighted by atomic mass is 19.4. The SMILES string of the molecule is O=C(CN1C[C@@H]2C[C@H]1CO2)Nc1cc(C(=O)Nc2ccc(-c3ccccc3)nn2)ccc1OC(F)(F)F. The number of fused-ring (bicyclic) bond motifs is 2. The highest BCUT2D eigenvalue weighted by molar-refractivity contribution is 6.05. The zero-order chi connectivity index (χ0) is 26.0. The molecule has 9 nitrogen and oxygen atoms in total. The van der Waals surface area contributed by atoms with Gasteiger partial charge in [-0.1, -0.05) is 30.3 Å². The number of morpholine rings is 1. The van der Waals surface area contributed by atoms with Crippen molar-refractivity contribution in [2.75, 3.05) is 30.3 Å². The standard InChI is InChI=1S/C25H22F3N5O4/c26-25(27,28)37-21-8-6-16(10-20(21)29-23(34)13-33-12-18-11-17(33)14-36-18)24(35)30-22-9-7-19(31-32-22)15-4-2-1-3-5-15/h1-10,17-18H,11-14H2,(H,29,34)(H,30,32,35)/t17-,18-/m0/s1. The molecule has 12 heteroatoms. The minimum absolute atomic E-state index is 0.00705. The van der Waals surface area contributed by atoms with Gasteiger partial charge >= 0.3 is 6.36 Å². The molecule has 2 N–H and O–H groups in total. The largest absolute Gasteiger partial charge is 0.573 e. The maximum absolute atomic E-state index is 12.9. The van der Waals surface area contributed by atoms with E-state index in [0.29, 0.717) is 18.8 Å². The molecule has 3 heterocycles. The molecule has 2 aliphatic rings. The molecule has 2 saturated heterocycles. The van der Waals surface area contributed by atoms with Gasteiger partial charge in [0.1, 0.15) is 0 Å². The number of carbonyl (C=O) groups is 2. The van der Waals surface area contributed by atoms with Gasteiger partial charge in [-0.05, 0) is 36.8 Å². The Hall–Kier alpha value is -4.03. The van der Waals surface area contributed by atoms with Crippen molar-refractivity contribution in [3.8, 4) is 17.0 Å². The van der Waals surface area contributed by atoms with Gasteiger partial charge in [0.15, 0.2) is 11.6 Å². The van der Waals surface area contributed by atoms with Gasteiger partial charge in [-0.25, -0.2) is 0 Å². The highest BCUT2D eigenvalue weighted by Gasteiger charge is 2.39. The van der Waals surface area contributed by atoms with Crippen molar-refractivity contribution >= 4 is 23.3 Å². The normalized spacial score (nSPS) is 19.0. The van der Waals surface area contributed by atoms with Crippen molar-refractivity contribution in [1.29, 1.82) is 0 Å². The number of hydrogen-bond acceptors (Lipinski definition) is 7. The fourth-order valence-electron chi connectivity index (χ4n) is 4.38. The first-order valence-corrected chi connectivity index (χ1v) is 11.5. The zero-order valence-electron chi connectivity index (χ0n) is 19.4. The lowest BCUT2D eigenvalue weighted by molar-refractivity contribution is -0.274. The second-order valence-electron chi connectivity index (χ2n) is 8.71. The van der Waals surface area contributed by atoms with Crippen molar-refractivity contribution in [2.45, 2.75) is 24.9 Å². The molecule has 2 fully saturated rings. The Balaban J connectivity index is 1.29. The first-order chi connectivity index (χ1) is 17.7. The third kappa shape index (κ3) is 6.04. The number of aromatic nitrogens is 2. The van der Waals surface area contributed by atoms with Crippen LogP contribution in [0.25, 0.3) is 11.3 Å². The minimum Gasteiger partial charge on any atom is -0.404 e. The van der Waals surface area contributed by atoms with Crippen molar-refractivity contribution in [2.24, 2.45) is 0 Å². The van der Waals surface area contributed by atoms with Crippen molar-refractivity contribution in [3.05, 3.63) is 66.2 Å². The van der Waals surface area contributed by atoms with E-state index in [1.54, 1.807) is 12.1 Å². The highest BCUT2D eigenvalue weighted by Crippen LogP contribution is 2.32. The number of nitrogens with zero attached hydrogens (tertiary/aromatic N) is 3. The molecule has 0 spiro atoms. The molecule has 2 amide bonds. The van der Waals surface area contributed by atoms with E-state index in [-0.39, 0.29) is 35.8 Å². The number of alkyl halides is 3. The van der Waals surface area contributed by atoms with Crippen LogP contribution < -0.4 is 15.4 Å². The van der Waals surface area contributed by atoms with Crippen molar-refractivity contribution in [3.63, 3.8) is 0 Å². The second-order valence-corrected chi connectivity index (χ2v) is 8.71. The Morgan fingerprint density at radius 1 is 1.05 bits per heavy atom. The molecule has 2 atom stereocenters. The lowest BCUT2D eigenvalue weighted by Crippen LogP contribution is -2.41. The summed E-state index contributed by atoms with van der Waals surface area (Å²) in [6, 6.07) is 15.9. The van der Waals surface area contributed by atoms with E-state index in [4.69, 9.17) is 4.74 Å². The molecule has 0 radical (unpaired) electrons. The van der Waals surface area contributed by atoms with Gasteiger partial charge < -0.3 is 20.1 Å². The quantitative estimate of drug-likeness (QED) is 0.496. The van der Waals surface area contributed by atoms with Gasteiger partial charge in [-0.15, -0.1) is 23.4 Å². The summed E-state index contributed by atoms with van der Waals surface area (Å²) in [7, 11) is 0. The number of anilines is 2. The smallest absolute Gasteiger partial charge is 0.404 e. The van der Waals surface area contributed by atoms with Crippen molar-refractivity contribution < 1.29 is 32.2 Å². The predicted octanol–water partition coefficient (Wildman–Crippen LogP) is 3.71. The number of rotatable bonds is 7. The van der Waals surface area contributed by atoms with Crippen LogP contribution in [0, 0.1) is 0 Å². The molecule has 192 valence electrons. The number of likely N-dealkylation sites (tertiary alicyclic amines) is 1. The lowest BCUT2D eigenvalue weighted by Gasteiger charge is -2.26. The number of amides is 2. The van der Waals surface area contributed by atoms with Gasteiger partial charge in [-0.3, -0.25) is 14.5 Å². The van der Waals surface area contributed by atoms with Crippen molar-refractivity contribution in [1.82, 2.24) is 15.1 Å². The van der Waals surface area contributed by atoms with Crippen LogP contribution in [0.2, 0.25) is 0 Å². The molecular weight excluding hydrogens is 491 g/mol. The van der Waals surface area contributed by atoms with E-state index >= 15 is 0 Å². The van der Waals surface area contributed by atoms with E-state index in [1.807, 2.05) is 35.2 Å². The summed E-state index contributed by atoms with van der Waals surface area (Å²) in [5.74, 6) is -1.66. The molecule has 0 unspecified atom stereocenters. The number of hydrogen-bond donors (Lipinski definition) is 2. The molecule has 5 rings (SSSR count). The maximum atomic E-state index is 12.9. The average molecular weight is 513 g/mol. The van der Waals surface area contributed by atoms with Crippen LogP contribution >= 0.6 is 0 Å². The van der Waals surface area contributed by atoms with Gasteiger partial charge in [0, 0.05) is 23.7 Å². The number of halogens is 3. The fraction of sp³-hybridized carbons (Fsp3) is 0.280. The molecule has 0 aliphatic carbocycles. The minimum atomic E-state index is -4.98. The number of ether oxygens (including phenoxy) is 2. The van der Waals surface area contributed by atoms with Crippen LogP contribution in [0.3, 0.4) is 0 Å². The Morgan fingerprint density at radius 3 is 2.51 bits per heavy atom. The summed E-state index contributed by atoms with van der Waals surface area (Å²) >= 11 is 0. The third-order valence-electron chi connectivity index (χ3n) is 6.08. The van der Waals surface area contributed by atoms with E-state index < -0.39 is 23.9 Å². The molecular formula is C25H22F3N5O4. The summed E-state index contributed by atoms with van der Waals surface area (Å²) in [5.41, 5.74) is 1.17. The molecule has 1 aromatic heterocycles. The van der Waals surface area contributed by atoms with Crippen LogP contribution in [-0.4, -0.2) is 65.1 Å². The van der Waals surface area contributed by atoms with Gasteiger partial charge in [-0.2, -0.15) is 0 Å². The van der Waals surface area contributed by atoms with E-state index in [0.717, 1.165) is 30.2 Å². The summed E-state index contributed by atoms with van der Waals surface area (Å²) in [6.45, 7) is 1.08. The molecule has 2 aliphatic heterocycles. The first-order valence-electron chi connectivity index (χ1n) is 11.5. The molecule has 2 aromatic carbocycles. The topological polar surface area (TPSA) is 106 Å². The predicted molar refractivity (Wildman–Crippen MR) is 127 cm³/mol. The fourth-order valence-corrected chi connectivity index (χ4v) is 4.38. The molecule has 3 aromatic rings. The Morgan fingerprint density at radius 2 is 1.86 bits per heavy atom. The number of nitrogens with one attached hydrogen (secondary N) is 2. The summed E-state index contributed by atoms with van der Waals surface area (Å²) < 4.78 is 48.4. The van der Waals surface area contributed by atoms with E-state index in [1.165, 1.54) is 0 Å². The molecule has 0 saturated carbocycles. The lowest BCUT2D eigenvalue weighted by atomic mass is 10.1. The molecule has 2 bridgehead atoms.